The summed E-state index contributed by atoms with van der Waals surface area (Å²) in [4.78, 5) is 26.9. The summed E-state index contributed by atoms with van der Waals surface area (Å²) in [6, 6.07) is 7.70. The minimum absolute atomic E-state index is 0.0796. The van der Waals surface area contributed by atoms with Gasteiger partial charge in [0.05, 0.1) is 6.54 Å². The van der Waals surface area contributed by atoms with Gasteiger partial charge in [-0.3, -0.25) is 14.6 Å². The number of hydrogen-bond acceptors (Lipinski definition) is 3. The highest BCUT2D eigenvalue weighted by Gasteiger charge is 2.13. The number of carbonyl (C=O) groups excluding carboxylic acids is 2. The highest BCUT2D eigenvalue weighted by molar-refractivity contribution is 5.88. The number of nitrogens with zero attached hydrogens (tertiary/aromatic N) is 1. The lowest BCUT2D eigenvalue weighted by Gasteiger charge is -2.21. The smallest absolute Gasteiger partial charge is 0.239 e. The summed E-state index contributed by atoms with van der Waals surface area (Å²) in [6.07, 6.45) is 0.801. The number of guanidine groups is 1. The predicted octanol–water partition coefficient (Wildman–Crippen LogP) is 1.27. The van der Waals surface area contributed by atoms with Crippen LogP contribution in [0.3, 0.4) is 0 Å². The molecule has 0 fully saturated rings. The van der Waals surface area contributed by atoms with Gasteiger partial charge in [-0.1, -0.05) is 12.1 Å². The molecule has 0 spiro atoms. The summed E-state index contributed by atoms with van der Waals surface area (Å²) in [5, 5.41) is 11.8. The topological polar surface area (TPSA) is 94.6 Å². The first-order valence-corrected chi connectivity index (χ1v) is 8.31. The van der Waals surface area contributed by atoms with Crippen molar-refractivity contribution in [1.82, 2.24) is 16.0 Å². The SMILES string of the molecule is CN=C(NCCc1ccc(NC(C)=O)cc1)NCC(=O)NC(C)(C)C. The van der Waals surface area contributed by atoms with Crippen molar-refractivity contribution in [3.63, 3.8) is 0 Å². The lowest BCUT2D eigenvalue weighted by molar-refractivity contribution is -0.121. The van der Waals surface area contributed by atoms with Crippen molar-refractivity contribution in [3.05, 3.63) is 29.8 Å². The van der Waals surface area contributed by atoms with E-state index in [1.807, 2.05) is 45.0 Å². The fourth-order valence-corrected chi connectivity index (χ4v) is 2.13. The van der Waals surface area contributed by atoms with Gasteiger partial charge in [0.1, 0.15) is 0 Å². The van der Waals surface area contributed by atoms with Gasteiger partial charge in [-0.2, -0.15) is 0 Å². The highest BCUT2D eigenvalue weighted by atomic mass is 16.2. The second-order valence-electron chi connectivity index (χ2n) is 6.78. The number of amides is 2. The summed E-state index contributed by atoms with van der Waals surface area (Å²) in [6.45, 7) is 8.15. The fourth-order valence-electron chi connectivity index (χ4n) is 2.13. The molecule has 0 aromatic heterocycles. The molecule has 0 bridgehead atoms. The Morgan fingerprint density at radius 2 is 1.72 bits per heavy atom. The first kappa shape index (κ1) is 20.5. The van der Waals surface area contributed by atoms with Crippen LogP contribution in [0.4, 0.5) is 5.69 Å². The van der Waals surface area contributed by atoms with Gasteiger partial charge in [0, 0.05) is 31.7 Å². The number of anilines is 1. The van der Waals surface area contributed by atoms with Crippen LogP contribution in [0.15, 0.2) is 29.3 Å². The number of benzene rings is 1. The summed E-state index contributed by atoms with van der Waals surface area (Å²) >= 11 is 0. The Kier molecular flexibility index (Phi) is 7.91. The molecule has 138 valence electrons. The molecule has 1 rings (SSSR count). The number of hydrogen-bond donors (Lipinski definition) is 4. The third kappa shape index (κ3) is 9.34. The Balaban J connectivity index is 2.35. The number of aliphatic imine (C=N–C) groups is 1. The molecule has 0 atom stereocenters. The molecular weight excluding hydrogens is 318 g/mol. The molecule has 0 heterocycles. The van der Waals surface area contributed by atoms with E-state index in [0.29, 0.717) is 12.5 Å². The zero-order chi connectivity index (χ0) is 18.9. The van der Waals surface area contributed by atoms with Gasteiger partial charge in [-0.25, -0.2) is 0 Å². The zero-order valence-electron chi connectivity index (χ0n) is 15.7. The van der Waals surface area contributed by atoms with E-state index < -0.39 is 0 Å². The second kappa shape index (κ2) is 9.66. The quantitative estimate of drug-likeness (QED) is 0.460. The largest absolute Gasteiger partial charge is 0.356 e. The van der Waals surface area contributed by atoms with Crippen LogP contribution in [0.5, 0.6) is 0 Å². The number of rotatable bonds is 6. The average Bonchev–Trinajstić information content (AvgIpc) is 2.50. The molecule has 0 aliphatic rings. The average molecular weight is 347 g/mol. The van der Waals surface area contributed by atoms with E-state index in [1.165, 1.54) is 6.92 Å². The maximum absolute atomic E-state index is 11.8. The summed E-state index contributed by atoms with van der Waals surface area (Å²) in [5.41, 5.74) is 1.67. The minimum atomic E-state index is -0.251. The molecule has 0 saturated carbocycles. The van der Waals surface area contributed by atoms with E-state index in [0.717, 1.165) is 17.7 Å². The second-order valence-corrected chi connectivity index (χ2v) is 6.78. The van der Waals surface area contributed by atoms with Gasteiger partial charge in [-0.05, 0) is 44.9 Å². The first-order valence-electron chi connectivity index (χ1n) is 8.31. The molecule has 1 aromatic rings. The van der Waals surface area contributed by atoms with Gasteiger partial charge >= 0.3 is 0 Å². The third-order valence-corrected chi connectivity index (χ3v) is 3.13. The Labute approximate surface area is 149 Å². The maximum Gasteiger partial charge on any atom is 0.239 e. The molecule has 1 aromatic carbocycles. The summed E-state index contributed by atoms with van der Waals surface area (Å²) in [5.74, 6) is 0.419. The van der Waals surface area contributed by atoms with Crippen molar-refractivity contribution >= 4 is 23.5 Å². The van der Waals surface area contributed by atoms with E-state index in [-0.39, 0.29) is 23.9 Å². The van der Waals surface area contributed by atoms with Gasteiger partial charge in [0.2, 0.25) is 11.8 Å². The Morgan fingerprint density at radius 3 is 2.24 bits per heavy atom. The lowest BCUT2D eigenvalue weighted by atomic mass is 10.1. The van der Waals surface area contributed by atoms with Crippen LogP contribution < -0.4 is 21.3 Å². The molecule has 0 aliphatic carbocycles. The van der Waals surface area contributed by atoms with E-state index in [4.69, 9.17) is 0 Å². The van der Waals surface area contributed by atoms with E-state index in [2.05, 4.69) is 26.3 Å². The van der Waals surface area contributed by atoms with Gasteiger partial charge in [0.15, 0.2) is 5.96 Å². The molecule has 4 N–H and O–H groups in total. The van der Waals surface area contributed by atoms with Crippen molar-refractivity contribution < 1.29 is 9.59 Å². The predicted molar refractivity (Wildman–Crippen MR) is 102 cm³/mol. The first-order chi connectivity index (χ1) is 11.7. The maximum atomic E-state index is 11.8. The normalized spacial score (nSPS) is 11.6. The standard InChI is InChI=1S/C18H29N5O2/c1-13(24)22-15-8-6-14(7-9-15)10-11-20-17(19-5)21-12-16(25)23-18(2,3)4/h6-9H,10-12H2,1-5H3,(H,22,24)(H,23,25)(H2,19,20,21). The van der Waals surface area contributed by atoms with Crippen LogP contribution in [-0.4, -0.2) is 43.5 Å². The molecular formula is C18H29N5O2. The van der Waals surface area contributed by atoms with Crippen LogP contribution in [0, 0.1) is 0 Å². The van der Waals surface area contributed by atoms with Gasteiger partial charge in [0.25, 0.3) is 0 Å². The van der Waals surface area contributed by atoms with Gasteiger partial charge in [-0.15, -0.1) is 0 Å². The summed E-state index contributed by atoms with van der Waals surface area (Å²) < 4.78 is 0. The number of nitrogens with one attached hydrogen (secondary N) is 4. The monoisotopic (exact) mass is 347 g/mol. The molecule has 0 saturated heterocycles. The third-order valence-electron chi connectivity index (χ3n) is 3.13. The van der Waals surface area contributed by atoms with Gasteiger partial charge < -0.3 is 21.3 Å². The molecule has 7 heteroatoms. The zero-order valence-corrected chi connectivity index (χ0v) is 15.7. The lowest BCUT2D eigenvalue weighted by Crippen LogP contribution is -2.48. The molecule has 25 heavy (non-hydrogen) atoms. The Bertz CT molecular complexity index is 603. The van der Waals surface area contributed by atoms with Crippen LogP contribution in [0.1, 0.15) is 33.3 Å². The van der Waals surface area contributed by atoms with Crippen LogP contribution >= 0.6 is 0 Å². The molecule has 2 amide bonds. The highest BCUT2D eigenvalue weighted by Crippen LogP contribution is 2.09. The van der Waals surface area contributed by atoms with Crippen LogP contribution in [0.2, 0.25) is 0 Å². The minimum Gasteiger partial charge on any atom is -0.356 e. The van der Waals surface area contributed by atoms with E-state index in [1.54, 1.807) is 7.05 Å². The molecule has 0 unspecified atom stereocenters. The van der Waals surface area contributed by atoms with Crippen LogP contribution in [0.25, 0.3) is 0 Å². The molecule has 7 nitrogen and oxygen atoms in total. The Hall–Kier alpha value is -2.57. The Morgan fingerprint density at radius 1 is 1.08 bits per heavy atom. The molecule has 0 aliphatic heterocycles. The molecule has 0 radical (unpaired) electrons. The van der Waals surface area contributed by atoms with Crippen molar-refractivity contribution in [1.29, 1.82) is 0 Å². The van der Waals surface area contributed by atoms with E-state index in [9.17, 15) is 9.59 Å². The van der Waals surface area contributed by atoms with Crippen molar-refractivity contribution in [2.24, 2.45) is 4.99 Å². The van der Waals surface area contributed by atoms with Crippen molar-refractivity contribution in [2.45, 2.75) is 39.7 Å². The summed E-state index contributed by atoms with van der Waals surface area (Å²) in [7, 11) is 1.67. The number of carbonyl (C=O) groups is 2. The fraction of sp³-hybridized carbons (Fsp3) is 0.500. The van der Waals surface area contributed by atoms with Crippen LogP contribution in [-0.2, 0) is 16.0 Å². The van der Waals surface area contributed by atoms with Crippen molar-refractivity contribution in [3.8, 4) is 0 Å². The van der Waals surface area contributed by atoms with E-state index >= 15 is 0 Å². The van der Waals surface area contributed by atoms with Crippen molar-refractivity contribution in [2.75, 3.05) is 25.5 Å².